The summed E-state index contributed by atoms with van der Waals surface area (Å²) < 4.78 is 7.28. The van der Waals surface area contributed by atoms with E-state index in [0.29, 0.717) is 25.5 Å². The zero-order chi connectivity index (χ0) is 21.1. The number of amides is 2. The van der Waals surface area contributed by atoms with Crippen molar-refractivity contribution < 1.29 is 14.3 Å². The number of para-hydroxylation sites is 1. The van der Waals surface area contributed by atoms with Gasteiger partial charge in [-0.25, -0.2) is 9.48 Å². The molecule has 1 fully saturated rings. The van der Waals surface area contributed by atoms with Gasteiger partial charge in [-0.15, -0.1) is 0 Å². The van der Waals surface area contributed by atoms with Crippen molar-refractivity contribution in [3.05, 3.63) is 42.1 Å². The smallest absolute Gasteiger partial charge is 0.391 e. The van der Waals surface area contributed by atoms with E-state index < -0.39 is 12.1 Å². The quantitative estimate of drug-likeness (QED) is 0.851. The fourth-order valence-corrected chi connectivity index (χ4v) is 3.38. The molecule has 1 unspecified atom stereocenters. The molecule has 8 heteroatoms. The van der Waals surface area contributed by atoms with E-state index in [0.717, 1.165) is 11.4 Å². The fraction of sp³-hybridized carbons (Fsp3) is 0.476. The Morgan fingerprint density at radius 2 is 1.90 bits per heavy atom. The van der Waals surface area contributed by atoms with Crippen molar-refractivity contribution in [3.8, 4) is 11.6 Å². The van der Waals surface area contributed by atoms with Gasteiger partial charge in [0.25, 0.3) is 0 Å². The van der Waals surface area contributed by atoms with Crippen LogP contribution in [-0.4, -0.2) is 63.3 Å². The minimum Gasteiger partial charge on any atom is -0.391 e. The molecule has 1 aromatic heterocycles. The molecule has 0 aliphatic carbocycles. The fourth-order valence-electron chi connectivity index (χ4n) is 3.38. The highest BCUT2D eigenvalue weighted by atomic mass is 16.6. The number of rotatable bonds is 4. The summed E-state index contributed by atoms with van der Waals surface area (Å²) >= 11 is 0. The van der Waals surface area contributed by atoms with Gasteiger partial charge in [0.2, 0.25) is 11.8 Å². The Hall–Kier alpha value is -2.87. The summed E-state index contributed by atoms with van der Waals surface area (Å²) in [6.45, 7) is 8.88. The lowest BCUT2D eigenvalue weighted by molar-refractivity contribution is -0.136. The molecule has 29 heavy (non-hydrogen) atoms. The van der Waals surface area contributed by atoms with E-state index >= 15 is 0 Å². The van der Waals surface area contributed by atoms with Gasteiger partial charge in [0.15, 0.2) is 0 Å². The third kappa shape index (κ3) is 4.59. The Bertz CT molecular complexity index is 864. The highest BCUT2D eigenvalue weighted by molar-refractivity contribution is 5.82. The Morgan fingerprint density at radius 1 is 1.21 bits per heavy atom. The summed E-state index contributed by atoms with van der Waals surface area (Å²) in [5.41, 5.74) is 7.57. The zero-order valence-electron chi connectivity index (χ0n) is 17.4. The lowest BCUT2D eigenvalue weighted by Crippen LogP contribution is -2.59. The van der Waals surface area contributed by atoms with Gasteiger partial charge < -0.3 is 20.3 Å². The van der Waals surface area contributed by atoms with E-state index in [1.54, 1.807) is 20.5 Å². The summed E-state index contributed by atoms with van der Waals surface area (Å²) in [7, 11) is 0. The number of nitrogens with zero attached hydrogens (tertiary/aromatic N) is 4. The summed E-state index contributed by atoms with van der Waals surface area (Å²) in [4.78, 5) is 28.7. The largest absolute Gasteiger partial charge is 0.416 e. The first-order valence-corrected chi connectivity index (χ1v) is 9.93. The Kier molecular flexibility index (Phi) is 6.22. The van der Waals surface area contributed by atoms with Crippen molar-refractivity contribution in [2.75, 3.05) is 19.6 Å². The molecule has 1 aliphatic rings. The van der Waals surface area contributed by atoms with Gasteiger partial charge in [0, 0.05) is 31.7 Å². The predicted octanol–water partition coefficient (Wildman–Crippen LogP) is 2.20. The third-order valence-corrected chi connectivity index (χ3v) is 5.17. The van der Waals surface area contributed by atoms with Crippen LogP contribution < -0.4 is 10.5 Å². The first kappa shape index (κ1) is 20.9. The van der Waals surface area contributed by atoms with E-state index in [-0.39, 0.29) is 17.9 Å². The molecule has 2 N–H and O–H groups in total. The molecule has 8 nitrogen and oxygen atoms in total. The molecule has 1 saturated heterocycles. The number of piperazine rings is 1. The molecule has 156 valence electrons. The molecule has 2 heterocycles. The van der Waals surface area contributed by atoms with E-state index in [1.807, 2.05) is 58.0 Å². The van der Waals surface area contributed by atoms with Crippen LogP contribution in [0.3, 0.4) is 0 Å². The highest BCUT2D eigenvalue weighted by Crippen LogP contribution is 2.21. The SMILES string of the molecule is Cc1cc(OC(=O)N2CCN(C(=O)[C@@H](N)C(C)C)CC2C)n(-c2ccccc2)n1. The van der Waals surface area contributed by atoms with Crippen LogP contribution in [0.1, 0.15) is 26.5 Å². The van der Waals surface area contributed by atoms with E-state index in [1.165, 1.54) is 0 Å². The number of aromatic nitrogens is 2. The van der Waals surface area contributed by atoms with Crippen LogP contribution in [0, 0.1) is 12.8 Å². The average molecular weight is 399 g/mol. The van der Waals surface area contributed by atoms with Gasteiger partial charge in [-0.2, -0.15) is 5.10 Å². The second-order valence-electron chi connectivity index (χ2n) is 7.84. The Labute approximate surface area is 171 Å². The third-order valence-electron chi connectivity index (χ3n) is 5.17. The summed E-state index contributed by atoms with van der Waals surface area (Å²) in [6, 6.07) is 10.5. The second-order valence-corrected chi connectivity index (χ2v) is 7.84. The normalized spacial score (nSPS) is 18.1. The maximum atomic E-state index is 12.8. The van der Waals surface area contributed by atoms with Crippen LogP contribution in [0.15, 0.2) is 36.4 Å². The van der Waals surface area contributed by atoms with Crippen molar-refractivity contribution in [3.63, 3.8) is 0 Å². The van der Waals surface area contributed by atoms with Gasteiger partial charge >= 0.3 is 6.09 Å². The minimum atomic E-state index is -0.524. The van der Waals surface area contributed by atoms with Crippen molar-refractivity contribution in [1.82, 2.24) is 19.6 Å². The number of hydrogen-bond acceptors (Lipinski definition) is 5. The molecular weight excluding hydrogens is 370 g/mol. The summed E-state index contributed by atoms with van der Waals surface area (Å²) in [6.07, 6.45) is -0.449. The molecule has 0 bridgehead atoms. The molecule has 2 atom stereocenters. The van der Waals surface area contributed by atoms with Crippen molar-refractivity contribution in [1.29, 1.82) is 0 Å². The molecule has 0 saturated carbocycles. The van der Waals surface area contributed by atoms with Gasteiger partial charge in [-0.05, 0) is 31.9 Å². The van der Waals surface area contributed by atoms with Gasteiger partial charge in [0.05, 0.1) is 17.4 Å². The van der Waals surface area contributed by atoms with Crippen LogP contribution in [0.4, 0.5) is 4.79 Å². The molecule has 3 rings (SSSR count). The maximum Gasteiger partial charge on any atom is 0.416 e. The van der Waals surface area contributed by atoms with Gasteiger partial charge in [-0.1, -0.05) is 32.0 Å². The number of carbonyl (C=O) groups excluding carboxylic acids is 2. The second kappa shape index (κ2) is 8.65. The minimum absolute atomic E-state index is 0.0716. The van der Waals surface area contributed by atoms with Crippen LogP contribution in [0.25, 0.3) is 5.69 Å². The van der Waals surface area contributed by atoms with Gasteiger partial charge in [-0.3, -0.25) is 4.79 Å². The lowest BCUT2D eigenvalue weighted by Gasteiger charge is -2.40. The molecular formula is C21H29N5O3. The number of aryl methyl sites for hydroxylation is 1. The standard InChI is InChI=1S/C21H29N5O3/c1-14(2)19(22)20(27)24-10-11-25(16(4)13-24)21(28)29-18-12-15(3)23-26(18)17-8-6-5-7-9-17/h5-9,12,14,16,19H,10-11,13,22H2,1-4H3/t16?,19-/m0/s1. The average Bonchev–Trinajstić information content (AvgIpc) is 3.07. The van der Waals surface area contributed by atoms with Crippen molar-refractivity contribution >= 4 is 12.0 Å². The predicted molar refractivity (Wildman–Crippen MR) is 110 cm³/mol. The topological polar surface area (TPSA) is 93.7 Å². The maximum absolute atomic E-state index is 12.8. The molecule has 0 radical (unpaired) electrons. The molecule has 1 aromatic carbocycles. The van der Waals surface area contributed by atoms with Crippen LogP contribution in [0.2, 0.25) is 0 Å². The molecule has 1 aliphatic heterocycles. The first-order chi connectivity index (χ1) is 13.8. The van der Waals surface area contributed by atoms with Crippen molar-refractivity contribution in [2.24, 2.45) is 11.7 Å². The first-order valence-electron chi connectivity index (χ1n) is 9.93. The number of hydrogen-bond donors (Lipinski definition) is 1. The highest BCUT2D eigenvalue weighted by Gasteiger charge is 2.33. The lowest BCUT2D eigenvalue weighted by atomic mass is 10.0. The van der Waals surface area contributed by atoms with Crippen molar-refractivity contribution in [2.45, 2.75) is 39.8 Å². The Balaban J connectivity index is 1.68. The molecule has 2 amide bonds. The van der Waals surface area contributed by atoms with E-state index in [2.05, 4.69) is 5.10 Å². The number of nitrogens with two attached hydrogens (primary N) is 1. The number of carbonyl (C=O) groups is 2. The molecule has 0 spiro atoms. The summed E-state index contributed by atoms with van der Waals surface area (Å²) in [5, 5.41) is 4.42. The zero-order valence-corrected chi connectivity index (χ0v) is 17.4. The number of benzene rings is 1. The van der Waals surface area contributed by atoms with E-state index in [9.17, 15) is 9.59 Å². The van der Waals surface area contributed by atoms with Crippen LogP contribution in [-0.2, 0) is 4.79 Å². The van der Waals surface area contributed by atoms with Crippen LogP contribution >= 0.6 is 0 Å². The van der Waals surface area contributed by atoms with E-state index in [4.69, 9.17) is 10.5 Å². The Morgan fingerprint density at radius 3 is 2.52 bits per heavy atom. The number of ether oxygens (including phenoxy) is 1. The molecule has 2 aromatic rings. The summed E-state index contributed by atoms with van der Waals surface area (Å²) in [5.74, 6) is 0.367. The van der Waals surface area contributed by atoms with Crippen LogP contribution in [0.5, 0.6) is 5.88 Å². The van der Waals surface area contributed by atoms with Gasteiger partial charge in [0.1, 0.15) is 0 Å². The monoisotopic (exact) mass is 399 g/mol.